The van der Waals surface area contributed by atoms with Gasteiger partial charge in [-0.05, 0) is 12.8 Å². The fourth-order valence-corrected chi connectivity index (χ4v) is 1.39. The first-order chi connectivity index (χ1) is 7.66. The van der Waals surface area contributed by atoms with Gasteiger partial charge < -0.3 is 9.84 Å². The Morgan fingerprint density at radius 1 is 1.56 bits per heavy atom. The van der Waals surface area contributed by atoms with Crippen molar-refractivity contribution in [2.75, 3.05) is 6.54 Å². The third kappa shape index (κ3) is 2.81. The summed E-state index contributed by atoms with van der Waals surface area (Å²) < 4.78 is 5.07. The number of amides is 1. The minimum absolute atomic E-state index is 0.156. The average molecular weight is 223 g/mol. The van der Waals surface area contributed by atoms with Gasteiger partial charge >= 0.3 is 0 Å². The van der Waals surface area contributed by atoms with E-state index >= 15 is 0 Å². The second-order valence-corrected chi connectivity index (χ2v) is 4.52. The standard InChI is InChI=1S/C11H17N3O2/c1-7(2)10-13-9(16-14-10)5-6-12-11(15)8-3-4-8/h7-8H,3-6H2,1-2H3,(H,12,15). The maximum Gasteiger partial charge on any atom is 0.228 e. The molecule has 1 aliphatic rings. The van der Waals surface area contributed by atoms with Gasteiger partial charge in [-0.1, -0.05) is 19.0 Å². The van der Waals surface area contributed by atoms with E-state index in [9.17, 15) is 4.79 Å². The SMILES string of the molecule is CC(C)c1noc(CCNC(=O)C2CC2)n1. The highest BCUT2D eigenvalue weighted by Crippen LogP contribution is 2.28. The third-order valence-corrected chi connectivity index (χ3v) is 2.59. The summed E-state index contributed by atoms with van der Waals surface area (Å²) in [7, 11) is 0. The van der Waals surface area contributed by atoms with Gasteiger partial charge in [0.05, 0.1) is 0 Å². The van der Waals surface area contributed by atoms with E-state index in [1.54, 1.807) is 0 Å². The number of hydrogen-bond donors (Lipinski definition) is 1. The molecular weight excluding hydrogens is 206 g/mol. The Kier molecular flexibility index (Phi) is 3.22. The molecule has 1 aromatic rings. The molecule has 1 aromatic heterocycles. The van der Waals surface area contributed by atoms with E-state index in [1.165, 1.54) is 0 Å². The molecule has 0 saturated heterocycles. The van der Waals surface area contributed by atoms with Gasteiger partial charge in [0, 0.05) is 24.8 Å². The van der Waals surface area contributed by atoms with Gasteiger partial charge in [-0.25, -0.2) is 0 Å². The van der Waals surface area contributed by atoms with Crippen LogP contribution < -0.4 is 5.32 Å². The zero-order valence-corrected chi connectivity index (χ0v) is 9.69. The summed E-state index contributed by atoms with van der Waals surface area (Å²) in [6.07, 6.45) is 2.67. The fourth-order valence-electron chi connectivity index (χ4n) is 1.39. The van der Waals surface area contributed by atoms with Crippen LogP contribution in [0.2, 0.25) is 0 Å². The molecule has 88 valence electrons. The molecule has 1 saturated carbocycles. The third-order valence-electron chi connectivity index (χ3n) is 2.59. The zero-order chi connectivity index (χ0) is 11.5. The quantitative estimate of drug-likeness (QED) is 0.816. The largest absolute Gasteiger partial charge is 0.355 e. The Balaban J connectivity index is 1.73. The summed E-state index contributed by atoms with van der Waals surface area (Å²) in [4.78, 5) is 15.6. The average Bonchev–Trinajstić information content (AvgIpc) is 2.98. The van der Waals surface area contributed by atoms with Gasteiger partial charge in [-0.2, -0.15) is 4.98 Å². The van der Waals surface area contributed by atoms with Crippen LogP contribution in [0.25, 0.3) is 0 Å². The van der Waals surface area contributed by atoms with Crippen molar-refractivity contribution in [3.63, 3.8) is 0 Å². The van der Waals surface area contributed by atoms with Gasteiger partial charge in [0.1, 0.15) is 0 Å². The van der Waals surface area contributed by atoms with E-state index in [2.05, 4.69) is 15.5 Å². The number of hydrogen-bond acceptors (Lipinski definition) is 4. The van der Waals surface area contributed by atoms with Crippen LogP contribution in [-0.2, 0) is 11.2 Å². The lowest BCUT2D eigenvalue weighted by Gasteiger charge is -2.00. The predicted molar refractivity (Wildman–Crippen MR) is 57.8 cm³/mol. The molecule has 1 fully saturated rings. The first-order valence-electron chi connectivity index (χ1n) is 5.77. The molecule has 1 N–H and O–H groups in total. The number of nitrogens with one attached hydrogen (secondary N) is 1. The molecule has 1 amide bonds. The van der Waals surface area contributed by atoms with Crippen molar-refractivity contribution in [2.45, 2.75) is 39.0 Å². The van der Waals surface area contributed by atoms with E-state index in [1.807, 2.05) is 13.8 Å². The molecule has 5 nitrogen and oxygen atoms in total. The maximum absolute atomic E-state index is 11.3. The molecule has 16 heavy (non-hydrogen) atoms. The molecule has 0 aromatic carbocycles. The molecule has 0 radical (unpaired) electrons. The minimum Gasteiger partial charge on any atom is -0.355 e. The summed E-state index contributed by atoms with van der Waals surface area (Å²) >= 11 is 0. The van der Waals surface area contributed by atoms with Crippen molar-refractivity contribution in [1.29, 1.82) is 0 Å². The summed E-state index contributed by atoms with van der Waals surface area (Å²) in [6, 6.07) is 0. The molecule has 1 heterocycles. The minimum atomic E-state index is 0.156. The molecule has 5 heteroatoms. The number of aromatic nitrogens is 2. The monoisotopic (exact) mass is 223 g/mol. The van der Waals surface area contributed by atoms with E-state index in [4.69, 9.17) is 4.52 Å². The molecule has 0 aliphatic heterocycles. The second kappa shape index (κ2) is 4.63. The molecular formula is C11H17N3O2. The van der Waals surface area contributed by atoms with Gasteiger partial charge in [0.2, 0.25) is 11.8 Å². The molecule has 0 atom stereocenters. The lowest BCUT2D eigenvalue weighted by Crippen LogP contribution is -2.27. The summed E-state index contributed by atoms with van der Waals surface area (Å²) in [6.45, 7) is 4.61. The highest BCUT2D eigenvalue weighted by molar-refractivity contribution is 5.80. The van der Waals surface area contributed by atoms with Gasteiger partial charge in [0.25, 0.3) is 0 Å². The van der Waals surface area contributed by atoms with Crippen molar-refractivity contribution in [1.82, 2.24) is 15.5 Å². The highest BCUT2D eigenvalue weighted by atomic mass is 16.5. The van der Waals surface area contributed by atoms with Crippen LogP contribution in [0, 0.1) is 5.92 Å². The number of nitrogens with zero attached hydrogens (tertiary/aromatic N) is 2. The van der Waals surface area contributed by atoms with Crippen LogP contribution in [0.3, 0.4) is 0 Å². The van der Waals surface area contributed by atoms with Gasteiger partial charge in [-0.3, -0.25) is 4.79 Å². The summed E-state index contributed by atoms with van der Waals surface area (Å²) in [5.74, 6) is 2.01. The van der Waals surface area contributed by atoms with Crippen LogP contribution in [0.1, 0.15) is 44.3 Å². The maximum atomic E-state index is 11.3. The Labute approximate surface area is 94.6 Å². The Morgan fingerprint density at radius 2 is 2.31 bits per heavy atom. The fraction of sp³-hybridized carbons (Fsp3) is 0.727. The molecule has 0 bridgehead atoms. The van der Waals surface area contributed by atoms with Crippen molar-refractivity contribution >= 4 is 5.91 Å². The first-order valence-corrected chi connectivity index (χ1v) is 5.77. The normalized spacial score (nSPS) is 15.4. The number of carbonyl (C=O) groups is 1. The van der Waals surface area contributed by atoms with Gasteiger partial charge in [0.15, 0.2) is 5.82 Å². The van der Waals surface area contributed by atoms with Crippen LogP contribution in [0.4, 0.5) is 0 Å². The summed E-state index contributed by atoms with van der Waals surface area (Å²) in [5.41, 5.74) is 0. The van der Waals surface area contributed by atoms with Crippen molar-refractivity contribution in [3.8, 4) is 0 Å². The van der Waals surface area contributed by atoms with Crippen LogP contribution in [0.5, 0.6) is 0 Å². The second-order valence-electron chi connectivity index (χ2n) is 4.52. The van der Waals surface area contributed by atoms with E-state index in [-0.39, 0.29) is 17.7 Å². The highest BCUT2D eigenvalue weighted by Gasteiger charge is 2.29. The Hall–Kier alpha value is -1.39. The number of carbonyl (C=O) groups excluding carboxylic acids is 1. The van der Waals surface area contributed by atoms with Crippen molar-refractivity contribution in [3.05, 3.63) is 11.7 Å². The lowest BCUT2D eigenvalue weighted by atomic mass is 10.2. The van der Waals surface area contributed by atoms with Crippen LogP contribution >= 0.6 is 0 Å². The topological polar surface area (TPSA) is 68.0 Å². The van der Waals surface area contributed by atoms with E-state index in [0.29, 0.717) is 18.9 Å². The van der Waals surface area contributed by atoms with E-state index < -0.39 is 0 Å². The van der Waals surface area contributed by atoms with E-state index in [0.717, 1.165) is 18.7 Å². The van der Waals surface area contributed by atoms with Crippen LogP contribution in [-0.4, -0.2) is 22.6 Å². The predicted octanol–water partition coefficient (Wildman–Crippen LogP) is 1.26. The smallest absolute Gasteiger partial charge is 0.228 e. The number of rotatable bonds is 5. The molecule has 0 unspecified atom stereocenters. The molecule has 2 rings (SSSR count). The Bertz CT molecular complexity index is 369. The molecule has 0 spiro atoms. The van der Waals surface area contributed by atoms with Crippen LogP contribution in [0.15, 0.2) is 4.52 Å². The summed E-state index contributed by atoms with van der Waals surface area (Å²) in [5, 5.41) is 6.73. The Morgan fingerprint density at radius 3 is 2.88 bits per heavy atom. The van der Waals surface area contributed by atoms with Gasteiger partial charge in [-0.15, -0.1) is 0 Å². The van der Waals surface area contributed by atoms with Crippen molar-refractivity contribution in [2.24, 2.45) is 5.92 Å². The van der Waals surface area contributed by atoms with Crippen molar-refractivity contribution < 1.29 is 9.32 Å². The first kappa shape index (κ1) is 11.1. The zero-order valence-electron chi connectivity index (χ0n) is 9.69. The molecule has 1 aliphatic carbocycles. The lowest BCUT2D eigenvalue weighted by molar-refractivity contribution is -0.122.